The largest absolute Gasteiger partial charge is 0.269 e. The SMILES string of the molecule is CS(=O)(=O)C1=C(S(C)(=O)=O)N(S(C)(=O)=O)CN=C1. The van der Waals surface area contributed by atoms with Gasteiger partial charge >= 0.3 is 0 Å². The van der Waals surface area contributed by atoms with Gasteiger partial charge in [-0.05, 0) is 0 Å². The molecule has 0 aromatic carbocycles. The van der Waals surface area contributed by atoms with Crippen molar-refractivity contribution in [1.82, 2.24) is 4.31 Å². The number of rotatable bonds is 3. The molecule has 0 unspecified atom stereocenters. The monoisotopic (exact) mass is 316 g/mol. The third-order valence-corrected chi connectivity index (χ3v) is 5.59. The fraction of sp³-hybridized carbons (Fsp3) is 0.571. The average Bonchev–Trinajstić information content (AvgIpc) is 2.12. The van der Waals surface area contributed by atoms with Gasteiger partial charge in [0.05, 0.1) is 6.26 Å². The van der Waals surface area contributed by atoms with Crippen LogP contribution in [-0.4, -0.2) is 61.2 Å². The molecule has 0 amide bonds. The van der Waals surface area contributed by atoms with E-state index in [1.54, 1.807) is 0 Å². The summed E-state index contributed by atoms with van der Waals surface area (Å²) in [5, 5.41) is -0.762. The van der Waals surface area contributed by atoms with Crippen molar-refractivity contribution in [2.75, 3.05) is 25.4 Å². The van der Waals surface area contributed by atoms with E-state index in [-0.39, 0.29) is 0 Å². The zero-order chi connectivity index (χ0) is 14.4. The maximum atomic E-state index is 11.6. The molecule has 1 aliphatic heterocycles. The molecule has 0 saturated carbocycles. The van der Waals surface area contributed by atoms with Crippen molar-refractivity contribution in [3.8, 4) is 0 Å². The van der Waals surface area contributed by atoms with E-state index in [0.717, 1.165) is 25.0 Å². The minimum Gasteiger partial charge on any atom is -0.269 e. The predicted molar refractivity (Wildman–Crippen MR) is 66.8 cm³/mol. The van der Waals surface area contributed by atoms with E-state index in [9.17, 15) is 25.3 Å². The van der Waals surface area contributed by atoms with Crippen LogP contribution in [0.1, 0.15) is 0 Å². The number of hydrogen-bond donors (Lipinski definition) is 0. The molecule has 1 aliphatic rings. The lowest BCUT2D eigenvalue weighted by Crippen LogP contribution is -2.37. The molecule has 8 nitrogen and oxygen atoms in total. The number of sulfonamides is 1. The maximum absolute atomic E-state index is 11.6. The van der Waals surface area contributed by atoms with E-state index in [0.29, 0.717) is 4.31 Å². The highest BCUT2D eigenvalue weighted by Gasteiger charge is 2.35. The molecule has 0 atom stereocenters. The molecule has 0 N–H and O–H groups in total. The van der Waals surface area contributed by atoms with Crippen molar-refractivity contribution in [2.45, 2.75) is 0 Å². The van der Waals surface area contributed by atoms with Crippen molar-refractivity contribution in [3.05, 3.63) is 9.93 Å². The first-order chi connectivity index (χ1) is 7.85. The third-order valence-electron chi connectivity index (χ3n) is 2.01. The Bertz CT molecular complexity index is 726. The van der Waals surface area contributed by atoms with Crippen molar-refractivity contribution in [1.29, 1.82) is 0 Å². The Hall–Kier alpha value is -0.940. The zero-order valence-corrected chi connectivity index (χ0v) is 12.3. The van der Waals surface area contributed by atoms with Crippen LogP contribution in [0.5, 0.6) is 0 Å². The molecule has 1 rings (SSSR count). The molecule has 104 valence electrons. The molecule has 18 heavy (non-hydrogen) atoms. The second-order valence-electron chi connectivity index (χ2n) is 3.78. The first kappa shape index (κ1) is 15.1. The summed E-state index contributed by atoms with van der Waals surface area (Å²) in [6.07, 6.45) is 3.16. The maximum Gasteiger partial charge on any atom is 0.234 e. The van der Waals surface area contributed by atoms with Crippen molar-refractivity contribution in [3.63, 3.8) is 0 Å². The zero-order valence-electron chi connectivity index (χ0n) is 9.85. The minimum atomic E-state index is -4.03. The number of hydrogen-bond acceptors (Lipinski definition) is 7. The van der Waals surface area contributed by atoms with Crippen molar-refractivity contribution >= 4 is 35.9 Å². The van der Waals surface area contributed by atoms with Crippen LogP contribution in [-0.2, 0) is 29.7 Å². The van der Waals surface area contributed by atoms with Crippen molar-refractivity contribution < 1.29 is 25.3 Å². The van der Waals surface area contributed by atoms with E-state index >= 15 is 0 Å². The molecule has 1 heterocycles. The Balaban J connectivity index is 3.78. The van der Waals surface area contributed by atoms with E-state index in [1.165, 1.54) is 0 Å². The molecule has 0 aromatic rings. The molecule has 0 spiro atoms. The fourth-order valence-corrected chi connectivity index (χ4v) is 5.31. The Morgan fingerprint density at radius 2 is 1.50 bits per heavy atom. The summed E-state index contributed by atoms with van der Waals surface area (Å²) in [5.74, 6) is 0. The summed E-state index contributed by atoms with van der Waals surface area (Å²) in [5.41, 5.74) is 0. The van der Waals surface area contributed by atoms with Gasteiger partial charge in [0.1, 0.15) is 11.6 Å². The molecular formula is C7H12N2O6S3. The van der Waals surface area contributed by atoms with Crippen LogP contribution < -0.4 is 0 Å². The quantitative estimate of drug-likeness (QED) is 0.628. The molecule has 0 saturated heterocycles. The Morgan fingerprint density at radius 1 is 1.00 bits per heavy atom. The number of aliphatic imine (C=N–C) groups is 1. The number of sulfone groups is 2. The summed E-state index contributed by atoms with van der Waals surface area (Å²) in [6, 6.07) is 0. The highest BCUT2D eigenvalue weighted by molar-refractivity contribution is 7.99. The van der Waals surface area contributed by atoms with Gasteiger partial charge in [0.25, 0.3) is 0 Å². The highest BCUT2D eigenvalue weighted by atomic mass is 32.2. The van der Waals surface area contributed by atoms with Gasteiger partial charge in [-0.1, -0.05) is 0 Å². The normalized spacial score (nSPS) is 18.3. The van der Waals surface area contributed by atoms with Crippen LogP contribution in [0, 0.1) is 0 Å². The van der Waals surface area contributed by atoms with Crippen LogP contribution >= 0.6 is 0 Å². The van der Waals surface area contributed by atoms with Gasteiger partial charge in [0.2, 0.25) is 10.0 Å². The fourth-order valence-electron chi connectivity index (χ4n) is 1.32. The van der Waals surface area contributed by atoms with Gasteiger partial charge in [-0.15, -0.1) is 0 Å². The van der Waals surface area contributed by atoms with Crippen molar-refractivity contribution in [2.24, 2.45) is 4.99 Å². The molecule has 0 radical (unpaired) electrons. The van der Waals surface area contributed by atoms with Crippen LogP contribution in [0.15, 0.2) is 14.9 Å². The lowest BCUT2D eigenvalue weighted by Gasteiger charge is -2.25. The molecule has 0 bridgehead atoms. The molecule has 11 heteroatoms. The molecule has 0 aliphatic carbocycles. The summed E-state index contributed by atoms with van der Waals surface area (Å²) in [7, 11) is -11.9. The summed E-state index contributed by atoms with van der Waals surface area (Å²) in [4.78, 5) is 2.93. The highest BCUT2D eigenvalue weighted by Crippen LogP contribution is 2.24. The Labute approximate surface area is 106 Å². The lowest BCUT2D eigenvalue weighted by atomic mass is 10.6. The minimum absolute atomic E-state index is 0.457. The first-order valence-electron chi connectivity index (χ1n) is 4.47. The van der Waals surface area contributed by atoms with E-state index < -0.39 is 46.3 Å². The van der Waals surface area contributed by atoms with Gasteiger partial charge in [-0.2, -0.15) is 0 Å². The average molecular weight is 316 g/mol. The van der Waals surface area contributed by atoms with E-state index in [2.05, 4.69) is 4.99 Å². The van der Waals surface area contributed by atoms with E-state index in [4.69, 9.17) is 0 Å². The molecule has 0 aromatic heterocycles. The van der Waals surface area contributed by atoms with Crippen LogP contribution in [0.25, 0.3) is 0 Å². The van der Waals surface area contributed by atoms with Crippen LogP contribution in [0.4, 0.5) is 0 Å². The Kier molecular flexibility index (Phi) is 3.62. The topological polar surface area (TPSA) is 118 Å². The Morgan fingerprint density at radius 3 is 1.83 bits per heavy atom. The second kappa shape index (κ2) is 4.31. The first-order valence-corrected chi connectivity index (χ1v) is 10.1. The smallest absolute Gasteiger partial charge is 0.234 e. The lowest BCUT2D eigenvalue weighted by molar-refractivity contribution is 0.494. The van der Waals surface area contributed by atoms with Gasteiger partial charge < -0.3 is 0 Å². The summed E-state index contributed by atoms with van der Waals surface area (Å²) in [6.45, 7) is -0.458. The van der Waals surface area contributed by atoms with Gasteiger partial charge in [-0.3, -0.25) is 4.99 Å². The van der Waals surface area contributed by atoms with Gasteiger partial charge in [-0.25, -0.2) is 29.6 Å². The van der Waals surface area contributed by atoms with Crippen LogP contribution in [0.3, 0.4) is 0 Å². The summed E-state index contributed by atoms with van der Waals surface area (Å²) >= 11 is 0. The van der Waals surface area contributed by atoms with E-state index in [1.807, 2.05) is 0 Å². The number of allylic oxidation sites excluding steroid dienone is 1. The van der Waals surface area contributed by atoms with Gasteiger partial charge in [0.15, 0.2) is 24.7 Å². The van der Waals surface area contributed by atoms with Gasteiger partial charge in [0, 0.05) is 18.7 Å². The second-order valence-corrected chi connectivity index (χ2v) is 9.60. The third kappa shape index (κ3) is 3.09. The standard InChI is InChI=1S/C7H12N2O6S3/c1-16(10,11)6-4-8-5-9(18(3,14)15)7(6)17(2,12)13/h4H,5H2,1-3H3. The summed E-state index contributed by atoms with van der Waals surface area (Å²) < 4.78 is 69.6. The predicted octanol–water partition coefficient (Wildman–Crippen LogP) is -1.45. The number of nitrogens with zero attached hydrogens (tertiary/aromatic N) is 2. The molecule has 0 fully saturated rings. The molecular weight excluding hydrogens is 304 g/mol. The van der Waals surface area contributed by atoms with Crippen LogP contribution in [0.2, 0.25) is 0 Å².